The second-order valence-corrected chi connectivity index (χ2v) is 6.46. The van der Waals surface area contributed by atoms with E-state index in [1.165, 1.54) is 0 Å². The van der Waals surface area contributed by atoms with E-state index >= 15 is 0 Å². The SMILES string of the molecule is O=C([C@H]1COc2ccccc2C1)N1CCC[C@@H](c2ccn[nH]2)C1. The number of piperidine rings is 1. The smallest absolute Gasteiger partial charge is 0.229 e. The summed E-state index contributed by atoms with van der Waals surface area (Å²) in [4.78, 5) is 14.9. The lowest BCUT2D eigenvalue weighted by Gasteiger charge is -2.35. The monoisotopic (exact) mass is 311 g/mol. The Morgan fingerprint density at radius 3 is 3.09 bits per heavy atom. The molecule has 0 aliphatic carbocycles. The molecule has 0 spiro atoms. The molecule has 1 aromatic carbocycles. The highest BCUT2D eigenvalue weighted by molar-refractivity contribution is 5.80. The number of hydrogen-bond acceptors (Lipinski definition) is 3. The van der Waals surface area contributed by atoms with Gasteiger partial charge >= 0.3 is 0 Å². The van der Waals surface area contributed by atoms with Crippen molar-refractivity contribution in [2.24, 2.45) is 5.92 Å². The van der Waals surface area contributed by atoms with E-state index in [0.717, 1.165) is 49.4 Å². The van der Waals surface area contributed by atoms with Gasteiger partial charge in [0.15, 0.2) is 0 Å². The molecule has 0 bridgehead atoms. The molecule has 1 amide bonds. The summed E-state index contributed by atoms with van der Waals surface area (Å²) in [5.74, 6) is 1.45. The fourth-order valence-corrected chi connectivity index (χ4v) is 3.67. The number of rotatable bonds is 2. The first-order chi connectivity index (χ1) is 11.3. The van der Waals surface area contributed by atoms with Gasteiger partial charge in [-0.05, 0) is 37.0 Å². The van der Waals surface area contributed by atoms with Gasteiger partial charge in [0.2, 0.25) is 5.91 Å². The Balaban J connectivity index is 1.45. The van der Waals surface area contributed by atoms with Gasteiger partial charge in [0, 0.05) is 30.9 Å². The van der Waals surface area contributed by atoms with Crippen molar-refractivity contribution in [1.82, 2.24) is 15.1 Å². The van der Waals surface area contributed by atoms with E-state index in [1.807, 2.05) is 29.2 Å². The Labute approximate surface area is 135 Å². The van der Waals surface area contributed by atoms with E-state index in [2.05, 4.69) is 16.3 Å². The molecule has 5 nitrogen and oxygen atoms in total. The van der Waals surface area contributed by atoms with Crippen molar-refractivity contribution < 1.29 is 9.53 Å². The van der Waals surface area contributed by atoms with E-state index < -0.39 is 0 Å². The normalized spacial score (nSPS) is 23.9. The predicted molar refractivity (Wildman–Crippen MR) is 86.3 cm³/mol. The van der Waals surface area contributed by atoms with Gasteiger partial charge in [-0.1, -0.05) is 18.2 Å². The number of aromatic nitrogens is 2. The summed E-state index contributed by atoms with van der Waals surface area (Å²) in [6, 6.07) is 10.0. The van der Waals surface area contributed by atoms with Gasteiger partial charge < -0.3 is 9.64 Å². The molecule has 1 N–H and O–H groups in total. The lowest BCUT2D eigenvalue weighted by Crippen LogP contribution is -2.45. The van der Waals surface area contributed by atoms with Crippen LogP contribution in [0.2, 0.25) is 0 Å². The van der Waals surface area contributed by atoms with Gasteiger partial charge in [0.25, 0.3) is 0 Å². The molecule has 3 heterocycles. The molecule has 2 aromatic rings. The van der Waals surface area contributed by atoms with Gasteiger partial charge in [-0.2, -0.15) is 5.10 Å². The lowest BCUT2D eigenvalue weighted by atomic mass is 9.91. The lowest BCUT2D eigenvalue weighted by molar-refractivity contribution is -0.138. The molecule has 1 aromatic heterocycles. The molecule has 23 heavy (non-hydrogen) atoms. The largest absolute Gasteiger partial charge is 0.492 e. The first-order valence-corrected chi connectivity index (χ1v) is 8.30. The quantitative estimate of drug-likeness (QED) is 0.926. The molecule has 4 rings (SSSR count). The summed E-state index contributed by atoms with van der Waals surface area (Å²) >= 11 is 0. The molecule has 2 aliphatic rings. The molecule has 2 aliphatic heterocycles. The molecule has 5 heteroatoms. The third-order valence-corrected chi connectivity index (χ3v) is 4.92. The van der Waals surface area contributed by atoms with Crippen molar-refractivity contribution in [1.29, 1.82) is 0 Å². The van der Waals surface area contributed by atoms with E-state index in [4.69, 9.17) is 4.74 Å². The Kier molecular flexibility index (Phi) is 3.77. The second kappa shape index (κ2) is 6.07. The Morgan fingerprint density at radius 2 is 2.22 bits per heavy atom. The average Bonchev–Trinajstić information content (AvgIpc) is 3.15. The highest BCUT2D eigenvalue weighted by Crippen LogP contribution is 2.30. The van der Waals surface area contributed by atoms with E-state index in [9.17, 15) is 4.79 Å². The molecule has 1 fully saturated rings. The van der Waals surface area contributed by atoms with Crippen LogP contribution < -0.4 is 4.74 Å². The van der Waals surface area contributed by atoms with Crippen LogP contribution >= 0.6 is 0 Å². The third-order valence-electron chi connectivity index (χ3n) is 4.92. The van der Waals surface area contributed by atoms with Gasteiger partial charge in [0.1, 0.15) is 12.4 Å². The van der Waals surface area contributed by atoms with Crippen LogP contribution in [0.25, 0.3) is 0 Å². The number of aromatic amines is 1. The van der Waals surface area contributed by atoms with Crippen molar-refractivity contribution in [3.8, 4) is 5.75 Å². The predicted octanol–water partition coefficient (Wildman–Crippen LogP) is 2.37. The number of amides is 1. The summed E-state index contributed by atoms with van der Waals surface area (Å²) in [5.41, 5.74) is 2.27. The van der Waals surface area contributed by atoms with Crippen LogP contribution in [-0.2, 0) is 11.2 Å². The number of fused-ring (bicyclic) bond motifs is 1. The standard InChI is InChI=1S/C18H21N3O2/c22-18(15-10-13-4-1-2-6-17(13)23-12-15)21-9-3-5-14(11-21)16-7-8-19-20-16/h1-2,4,6-8,14-15H,3,5,9-12H2,(H,19,20)/t14-,15-/m1/s1. The van der Waals surface area contributed by atoms with E-state index in [1.54, 1.807) is 6.20 Å². The minimum absolute atomic E-state index is 0.0644. The second-order valence-electron chi connectivity index (χ2n) is 6.46. The van der Waals surface area contributed by atoms with Gasteiger partial charge in [-0.15, -0.1) is 0 Å². The number of nitrogens with one attached hydrogen (secondary N) is 1. The Morgan fingerprint density at radius 1 is 1.30 bits per heavy atom. The van der Waals surface area contributed by atoms with Crippen molar-refractivity contribution in [3.63, 3.8) is 0 Å². The van der Waals surface area contributed by atoms with Gasteiger partial charge in [0.05, 0.1) is 5.92 Å². The number of nitrogens with zero attached hydrogens (tertiary/aromatic N) is 2. The number of ether oxygens (including phenoxy) is 1. The molecule has 0 saturated carbocycles. The topological polar surface area (TPSA) is 58.2 Å². The van der Waals surface area contributed by atoms with Crippen LogP contribution in [0.4, 0.5) is 0 Å². The molecule has 0 radical (unpaired) electrons. The van der Waals surface area contributed by atoms with Crippen LogP contribution in [0.3, 0.4) is 0 Å². The average molecular weight is 311 g/mol. The Bertz CT molecular complexity index is 683. The summed E-state index contributed by atoms with van der Waals surface area (Å²) < 4.78 is 5.78. The first kappa shape index (κ1) is 14.3. The fourth-order valence-electron chi connectivity index (χ4n) is 3.67. The summed E-state index contributed by atoms with van der Waals surface area (Å²) in [5, 5.41) is 7.08. The summed E-state index contributed by atoms with van der Waals surface area (Å²) in [6.07, 6.45) is 4.71. The van der Waals surface area contributed by atoms with Gasteiger partial charge in [-0.25, -0.2) is 0 Å². The zero-order chi connectivity index (χ0) is 15.6. The summed E-state index contributed by atoms with van der Waals surface area (Å²) in [7, 11) is 0. The minimum atomic E-state index is -0.0644. The molecule has 1 saturated heterocycles. The zero-order valence-electron chi connectivity index (χ0n) is 13.1. The van der Waals surface area contributed by atoms with Crippen LogP contribution in [0.5, 0.6) is 5.75 Å². The number of benzene rings is 1. The maximum absolute atomic E-state index is 12.9. The van der Waals surface area contributed by atoms with Crippen molar-refractivity contribution in [2.75, 3.05) is 19.7 Å². The number of carbonyl (C=O) groups is 1. The molecule has 0 unspecified atom stereocenters. The number of H-pyrrole nitrogens is 1. The number of hydrogen-bond donors (Lipinski definition) is 1. The highest BCUT2D eigenvalue weighted by atomic mass is 16.5. The molecule has 120 valence electrons. The number of para-hydroxylation sites is 1. The molecular formula is C18H21N3O2. The minimum Gasteiger partial charge on any atom is -0.492 e. The fraction of sp³-hybridized carbons (Fsp3) is 0.444. The van der Waals surface area contributed by atoms with Crippen LogP contribution in [0, 0.1) is 5.92 Å². The van der Waals surface area contributed by atoms with Gasteiger partial charge in [-0.3, -0.25) is 9.89 Å². The van der Waals surface area contributed by atoms with Crippen molar-refractivity contribution in [3.05, 3.63) is 47.8 Å². The maximum Gasteiger partial charge on any atom is 0.229 e. The third kappa shape index (κ3) is 2.83. The zero-order valence-corrected chi connectivity index (χ0v) is 13.1. The molecular weight excluding hydrogens is 290 g/mol. The maximum atomic E-state index is 12.9. The number of likely N-dealkylation sites (tertiary alicyclic amines) is 1. The molecule has 2 atom stereocenters. The summed E-state index contributed by atoms with van der Waals surface area (Å²) in [6.45, 7) is 2.11. The van der Waals surface area contributed by atoms with E-state index in [-0.39, 0.29) is 11.8 Å². The highest BCUT2D eigenvalue weighted by Gasteiger charge is 2.32. The van der Waals surface area contributed by atoms with Crippen LogP contribution in [0.15, 0.2) is 36.5 Å². The van der Waals surface area contributed by atoms with Crippen molar-refractivity contribution in [2.45, 2.75) is 25.2 Å². The van der Waals surface area contributed by atoms with E-state index in [0.29, 0.717) is 12.5 Å². The van der Waals surface area contributed by atoms with Crippen LogP contribution in [0.1, 0.15) is 30.0 Å². The Hall–Kier alpha value is -2.30. The van der Waals surface area contributed by atoms with Crippen LogP contribution in [-0.4, -0.2) is 40.7 Å². The van der Waals surface area contributed by atoms with Crippen molar-refractivity contribution >= 4 is 5.91 Å². The number of carbonyl (C=O) groups excluding carboxylic acids is 1. The first-order valence-electron chi connectivity index (χ1n) is 8.30.